The summed E-state index contributed by atoms with van der Waals surface area (Å²) < 4.78 is 18.9. The Balaban J connectivity index is 1.90. The van der Waals surface area contributed by atoms with Crippen LogP contribution in [0, 0.1) is 5.82 Å². The van der Waals surface area contributed by atoms with Crippen LogP contribution in [0.5, 0.6) is 0 Å². The Labute approximate surface area is 106 Å². The van der Waals surface area contributed by atoms with Crippen molar-refractivity contribution in [3.05, 3.63) is 58.2 Å². The minimum Gasteiger partial charge on any atom is -0.468 e. The maximum atomic E-state index is 12.8. The molecular weight excluding hydrogens is 291 g/mol. The molecule has 0 spiro atoms. The highest BCUT2D eigenvalue weighted by atomic mass is 79.9. The van der Waals surface area contributed by atoms with Gasteiger partial charge in [-0.3, -0.25) is 0 Å². The van der Waals surface area contributed by atoms with Gasteiger partial charge in [0, 0.05) is 10.2 Å². The van der Waals surface area contributed by atoms with Gasteiger partial charge in [0.2, 0.25) is 0 Å². The number of halogens is 2. The highest BCUT2D eigenvalue weighted by molar-refractivity contribution is 9.10. The van der Waals surface area contributed by atoms with Gasteiger partial charge in [-0.2, -0.15) is 0 Å². The Morgan fingerprint density at radius 1 is 1.25 bits per heavy atom. The van der Waals surface area contributed by atoms with Gasteiger partial charge >= 0.3 is 0 Å². The van der Waals surface area contributed by atoms with E-state index < -0.39 is 0 Å². The summed E-state index contributed by atoms with van der Waals surface area (Å²) in [6.45, 7) is 0. The van der Waals surface area contributed by atoms with Crippen LogP contribution in [0.15, 0.2) is 45.5 Å². The lowest BCUT2D eigenvalue weighted by molar-refractivity contribution is 0.530. The van der Waals surface area contributed by atoms with Crippen molar-refractivity contribution in [2.75, 3.05) is 0 Å². The summed E-state index contributed by atoms with van der Waals surface area (Å²) in [6, 6.07) is 8.60. The molecule has 4 heteroatoms. The third kappa shape index (κ3) is 3.12. The Morgan fingerprint density at radius 3 is 2.81 bits per heavy atom. The highest BCUT2D eigenvalue weighted by Crippen LogP contribution is 2.24. The number of hydrogen-bond acceptors (Lipinski definition) is 2. The standard InChI is InChI=1S/C12H10BrFOS/c13-12-6-10(14)4-3-9(12)7-16-8-11-2-1-5-15-11/h1-6H,7-8H2. The molecule has 1 aromatic heterocycles. The first kappa shape index (κ1) is 11.7. The van der Waals surface area contributed by atoms with Crippen LogP contribution < -0.4 is 0 Å². The second-order valence-electron chi connectivity index (χ2n) is 3.31. The van der Waals surface area contributed by atoms with Crippen molar-refractivity contribution in [2.45, 2.75) is 11.5 Å². The van der Waals surface area contributed by atoms with E-state index in [1.54, 1.807) is 24.1 Å². The van der Waals surface area contributed by atoms with E-state index in [-0.39, 0.29) is 5.82 Å². The first-order chi connectivity index (χ1) is 7.75. The van der Waals surface area contributed by atoms with Gasteiger partial charge in [-0.15, -0.1) is 11.8 Å². The van der Waals surface area contributed by atoms with Crippen LogP contribution in [-0.2, 0) is 11.5 Å². The molecule has 1 aromatic carbocycles. The van der Waals surface area contributed by atoms with Crippen LogP contribution in [0.1, 0.15) is 11.3 Å². The second-order valence-corrected chi connectivity index (χ2v) is 5.15. The number of thioether (sulfide) groups is 1. The Hall–Kier alpha value is -0.740. The summed E-state index contributed by atoms with van der Waals surface area (Å²) in [5, 5.41) is 0. The molecule has 0 unspecified atom stereocenters. The van der Waals surface area contributed by atoms with Crippen molar-refractivity contribution in [1.82, 2.24) is 0 Å². The monoisotopic (exact) mass is 300 g/mol. The van der Waals surface area contributed by atoms with Crippen molar-refractivity contribution in [3.8, 4) is 0 Å². The molecule has 0 aliphatic carbocycles. The smallest absolute Gasteiger partial charge is 0.124 e. The molecule has 0 aliphatic rings. The van der Waals surface area contributed by atoms with E-state index in [9.17, 15) is 4.39 Å². The van der Waals surface area contributed by atoms with Gasteiger partial charge in [0.15, 0.2) is 0 Å². The lowest BCUT2D eigenvalue weighted by atomic mass is 10.2. The van der Waals surface area contributed by atoms with Gasteiger partial charge in [0.05, 0.1) is 12.0 Å². The molecule has 0 atom stereocenters. The SMILES string of the molecule is Fc1ccc(CSCc2ccco2)c(Br)c1. The lowest BCUT2D eigenvalue weighted by Crippen LogP contribution is -1.85. The van der Waals surface area contributed by atoms with E-state index in [2.05, 4.69) is 15.9 Å². The molecule has 1 heterocycles. The maximum absolute atomic E-state index is 12.8. The molecule has 84 valence electrons. The van der Waals surface area contributed by atoms with E-state index >= 15 is 0 Å². The zero-order chi connectivity index (χ0) is 11.4. The summed E-state index contributed by atoms with van der Waals surface area (Å²) in [4.78, 5) is 0. The molecule has 0 N–H and O–H groups in total. The fourth-order valence-electron chi connectivity index (χ4n) is 1.30. The van der Waals surface area contributed by atoms with Crippen molar-refractivity contribution < 1.29 is 8.81 Å². The molecule has 0 aliphatic heterocycles. The largest absolute Gasteiger partial charge is 0.468 e. The fourth-order valence-corrected chi connectivity index (χ4v) is 2.91. The van der Waals surface area contributed by atoms with Crippen LogP contribution in [0.2, 0.25) is 0 Å². The predicted molar refractivity (Wildman–Crippen MR) is 67.8 cm³/mol. The summed E-state index contributed by atoms with van der Waals surface area (Å²) in [5.74, 6) is 2.41. The highest BCUT2D eigenvalue weighted by Gasteiger charge is 2.02. The normalized spacial score (nSPS) is 10.6. The van der Waals surface area contributed by atoms with Crippen LogP contribution >= 0.6 is 27.7 Å². The number of rotatable bonds is 4. The summed E-state index contributed by atoms with van der Waals surface area (Å²) in [7, 11) is 0. The summed E-state index contributed by atoms with van der Waals surface area (Å²) in [5.41, 5.74) is 1.10. The van der Waals surface area contributed by atoms with Gasteiger partial charge in [0.1, 0.15) is 11.6 Å². The maximum Gasteiger partial charge on any atom is 0.124 e. The summed E-state index contributed by atoms with van der Waals surface area (Å²) in [6.07, 6.45) is 1.67. The van der Waals surface area contributed by atoms with Crippen molar-refractivity contribution >= 4 is 27.7 Å². The zero-order valence-corrected chi connectivity index (χ0v) is 10.9. The molecule has 0 radical (unpaired) electrons. The molecule has 16 heavy (non-hydrogen) atoms. The molecule has 2 rings (SSSR count). The van der Waals surface area contributed by atoms with Gasteiger partial charge in [0.25, 0.3) is 0 Å². The van der Waals surface area contributed by atoms with Crippen molar-refractivity contribution in [2.24, 2.45) is 0 Å². The molecule has 0 saturated carbocycles. The third-order valence-corrected chi connectivity index (χ3v) is 3.84. The van der Waals surface area contributed by atoms with Gasteiger partial charge in [-0.05, 0) is 29.8 Å². The second kappa shape index (κ2) is 5.55. The molecule has 0 fully saturated rings. The van der Waals surface area contributed by atoms with Crippen LogP contribution in [0.25, 0.3) is 0 Å². The van der Waals surface area contributed by atoms with Crippen LogP contribution in [0.3, 0.4) is 0 Å². The lowest BCUT2D eigenvalue weighted by Gasteiger charge is -2.03. The van der Waals surface area contributed by atoms with E-state index in [1.165, 1.54) is 12.1 Å². The Bertz CT molecular complexity index is 456. The minimum absolute atomic E-state index is 0.216. The number of furan rings is 1. The number of hydrogen-bond donors (Lipinski definition) is 0. The molecular formula is C12H10BrFOS. The fraction of sp³-hybridized carbons (Fsp3) is 0.167. The average Bonchev–Trinajstić information content (AvgIpc) is 2.74. The molecule has 0 amide bonds. The zero-order valence-electron chi connectivity index (χ0n) is 8.45. The molecule has 2 aromatic rings. The molecule has 0 bridgehead atoms. The third-order valence-electron chi connectivity index (χ3n) is 2.10. The van der Waals surface area contributed by atoms with E-state index in [1.807, 2.05) is 12.1 Å². The van der Waals surface area contributed by atoms with E-state index in [0.717, 1.165) is 27.3 Å². The van der Waals surface area contributed by atoms with Crippen molar-refractivity contribution in [1.29, 1.82) is 0 Å². The average molecular weight is 301 g/mol. The Kier molecular flexibility index (Phi) is 4.07. The van der Waals surface area contributed by atoms with E-state index in [4.69, 9.17) is 4.42 Å². The van der Waals surface area contributed by atoms with Crippen molar-refractivity contribution in [3.63, 3.8) is 0 Å². The topological polar surface area (TPSA) is 13.1 Å². The summed E-state index contributed by atoms with van der Waals surface area (Å²) >= 11 is 5.09. The molecule has 1 nitrogen and oxygen atoms in total. The van der Waals surface area contributed by atoms with Crippen LogP contribution in [-0.4, -0.2) is 0 Å². The molecule has 0 saturated heterocycles. The first-order valence-corrected chi connectivity index (χ1v) is 6.74. The predicted octanol–water partition coefficient (Wildman–Crippen LogP) is 4.61. The minimum atomic E-state index is -0.216. The Morgan fingerprint density at radius 2 is 2.12 bits per heavy atom. The van der Waals surface area contributed by atoms with E-state index in [0.29, 0.717) is 0 Å². The van der Waals surface area contributed by atoms with Gasteiger partial charge < -0.3 is 4.42 Å². The van der Waals surface area contributed by atoms with Gasteiger partial charge in [-0.1, -0.05) is 22.0 Å². The van der Waals surface area contributed by atoms with Crippen LogP contribution in [0.4, 0.5) is 4.39 Å². The quantitative estimate of drug-likeness (QED) is 0.817. The first-order valence-electron chi connectivity index (χ1n) is 4.80. The van der Waals surface area contributed by atoms with Gasteiger partial charge in [-0.25, -0.2) is 4.39 Å². The number of benzene rings is 1.